The van der Waals surface area contributed by atoms with Gasteiger partial charge in [0.05, 0.1) is 0 Å². The normalized spacial score (nSPS) is 12.8. The molecule has 2 aromatic rings. The lowest BCUT2D eigenvalue weighted by atomic mass is 10.1. The van der Waals surface area contributed by atoms with Crippen LogP contribution in [-0.2, 0) is 9.59 Å². The van der Waals surface area contributed by atoms with Crippen LogP contribution in [0.4, 0.5) is 0 Å². The number of allylic oxidation sites excluding steroid dienone is 2. The molecule has 2 aliphatic rings. The molecule has 4 N–H and O–H groups in total. The molecular formula is C28H28Br2N4O4. The van der Waals surface area contributed by atoms with E-state index >= 15 is 0 Å². The van der Waals surface area contributed by atoms with E-state index in [1.165, 1.54) is 0 Å². The molecule has 0 aliphatic carbocycles. The first-order valence-corrected chi connectivity index (χ1v) is 11.1. The van der Waals surface area contributed by atoms with Crippen molar-refractivity contribution in [3.8, 4) is 0 Å². The van der Waals surface area contributed by atoms with Crippen LogP contribution in [0, 0.1) is 0 Å². The van der Waals surface area contributed by atoms with Crippen molar-refractivity contribution in [1.82, 2.24) is 0 Å². The number of nitrogens with zero attached hydrogens (tertiary/aromatic N) is 2. The molecule has 38 heavy (non-hydrogen) atoms. The minimum atomic E-state index is 0. The van der Waals surface area contributed by atoms with E-state index in [1.807, 2.05) is 60.7 Å². The van der Waals surface area contributed by atoms with Crippen molar-refractivity contribution < 1.29 is 62.3 Å². The summed E-state index contributed by atoms with van der Waals surface area (Å²) in [6.45, 7) is 1.44. The van der Waals surface area contributed by atoms with Crippen molar-refractivity contribution >= 4 is 35.9 Å². The summed E-state index contributed by atoms with van der Waals surface area (Å²) in [5.41, 5.74) is 2.50. The molecule has 2 heterocycles. The number of hydrogen-bond acceptors (Lipinski definition) is 6. The third-order valence-corrected chi connectivity index (χ3v) is 5.08. The first-order chi connectivity index (χ1) is 17.6. The maximum Gasteiger partial charge on any atom is 0.227 e. The molecule has 0 fully saturated rings. The number of nitrogens with two attached hydrogens (primary N) is 2. The van der Waals surface area contributed by atoms with Gasteiger partial charge in [-0.2, -0.15) is 0 Å². The van der Waals surface area contributed by atoms with E-state index < -0.39 is 0 Å². The van der Waals surface area contributed by atoms with Gasteiger partial charge in [-0.1, -0.05) is 60.7 Å². The minimum absolute atomic E-state index is 0. The van der Waals surface area contributed by atoms with E-state index in [9.17, 15) is 19.2 Å². The molecule has 2 aromatic carbocycles. The Morgan fingerprint density at radius 1 is 0.658 bits per heavy atom. The van der Waals surface area contributed by atoms with Gasteiger partial charge in [-0.05, 0) is 12.2 Å². The Morgan fingerprint density at radius 2 is 1.00 bits per heavy atom. The fraction of sp³-hybridized carbons (Fsp3) is 0.143. The number of halogens is 2. The van der Waals surface area contributed by atoms with E-state index in [0.29, 0.717) is 35.4 Å². The molecule has 2 aliphatic heterocycles. The molecular weight excluding hydrogens is 616 g/mol. The Labute approximate surface area is 242 Å². The van der Waals surface area contributed by atoms with Crippen LogP contribution < -0.4 is 45.6 Å². The molecule has 8 nitrogen and oxygen atoms in total. The van der Waals surface area contributed by atoms with Crippen LogP contribution in [0.25, 0.3) is 0 Å². The summed E-state index contributed by atoms with van der Waals surface area (Å²) in [5.74, 6) is 11.8. The predicted molar refractivity (Wildman–Crippen MR) is 139 cm³/mol. The molecule has 0 bridgehead atoms. The summed E-state index contributed by atoms with van der Waals surface area (Å²) in [4.78, 5) is 44.9. The number of carbonyl (C=O) groups excluding carboxylic acids is 4. The Kier molecular flexibility index (Phi) is 17.6. The summed E-state index contributed by atoms with van der Waals surface area (Å²) in [6, 6.07) is 18.3. The predicted octanol–water partition coefficient (Wildman–Crippen LogP) is -4.61. The summed E-state index contributed by atoms with van der Waals surface area (Å²) >= 11 is 0. The summed E-state index contributed by atoms with van der Waals surface area (Å²) in [6.07, 6.45) is 10.5. The van der Waals surface area contributed by atoms with Gasteiger partial charge in [0.1, 0.15) is 23.0 Å². The third kappa shape index (κ3) is 11.6. The van der Waals surface area contributed by atoms with E-state index in [-0.39, 0.29) is 58.6 Å². The lowest BCUT2D eigenvalue weighted by Crippen LogP contribution is -3.00. The third-order valence-electron chi connectivity index (χ3n) is 5.08. The number of hydrazine groups is 1. The lowest BCUT2D eigenvalue weighted by molar-refractivity contribution is -0.501. The van der Waals surface area contributed by atoms with Gasteiger partial charge in [0.25, 0.3) is 0 Å². The van der Waals surface area contributed by atoms with E-state index in [4.69, 9.17) is 0 Å². The van der Waals surface area contributed by atoms with Crippen LogP contribution in [0.15, 0.2) is 96.1 Å². The van der Waals surface area contributed by atoms with E-state index in [0.717, 1.165) is 0 Å². The Balaban J connectivity index is 0.000000645. The van der Waals surface area contributed by atoms with Gasteiger partial charge in [-0.25, -0.2) is 18.7 Å². The van der Waals surface area contributed by atoms with Crippen molar-refractivity contribution in [2.24, 2.45) is 11.7 Å². The number of Topliss-reactive ketones (excluding diaryl/α,β-unsaturated/α-hetero) is 2. The second kappa shape index (κ2) is 19.5. The highest BCUT2D eigenvalue weighted by Gasteiger charge is 2.17. The van der Waals surface area contributed by atoms with E-state index in [2.05, 4.69) is 11.7 Å². The van der Waals surface area contributed by atoms with Crippen molar-refractivity contribution in [3.63, 3.8) is 0 Å². The van der Waals surface area contributed by atoms with Gasteiger partial charge in [-0.15, -0.1) is 0 Å². The first kappa shape index (κ1) is 34.4. The zero-order chi connectivity index (χ0) is 26.2. The molecule has 0 saturated carbocycles. The smallest absolute Gasteiger partial charge is 0.227 e. The Hall–Kier alpha value is -3.62. The minimum Gasteiger partial charge on any atom is -1.00 e. The van der Waals surface area contributed by atoms with E-state index in [1.54, 1.807) is 57.7 Å². The molecule has 0 spiro atoms. The maximum atomic E-state index is 11.9. The summed E-state index contributed by atoms with van der Waals surface area (Å²) in [7, 11) is 0. The summed E-state index contributed by atoms with van der Waals surface area (Å²) in [5, 5.41) is 0. The van der Waals surface area contributed by atoms with Crippen LogP contribution in [0.1, 0.15) is 20.7 Å². The van der Waals surface area contributed by atoms with Crippen molar-refractivity contribution in [2.75, 3.05) is 26.2 Å². The second-order valence-electron chi connectivity index (χ2n) is 7.66. The zero-order valence-corrected chi connectivity index (χ0v) is 23.7. The van der Waals surface area contributed by atoms with Crippen molar-refractivity contribution in [3.05, 3.63) is 107 Å². The van der Waals surface area contributed by atoms with Gasteiger partial charge in [-0.3, -0.25) is 21.3 Å². The SMILES string of the molecule is NN.O=C=C1C=CC=[N+](CC(=O)c2ccccc2)C1.O=C=C1C=CC=[N+](CC(=O)c2ccccc2)C1.[Br-].[Br-]. The number of hydrogen-bond donors (Lipinski definition) is 2. The number of ketones is 2. The van der Waals surface area contributed by atoms with Crippen LogP contribution in [0.3, 0.4) is 0 Å². The van der Waals surface area contributed by atoms with Crippen molar-refractivity contribution in [1.29, 1.82) is 0 Å². The van der Waals surface area contributed by atoms with Gasteiger partial charge in [0, 0.05) is 23.3 Å². The molecule has 4 rings (SSSR count). The quantitative estimate of drug-likeness (QED) is 0.107. The Morgan fingerprint density at radius 3 is 1.32 bits per heavy atom. The highest BCUT2D eigenvalue weighted by Crippen LogP contribution is 2.04. The molecule has 0 saturated heterocycles. The van der Waals surface area contributed by atoms with Crippen LogP contribution >= 0.6 is 0 Å². The average molecular weight is 644 g/mol. The number of rotatable bonds is 6. The topological polar surface area (TPSA) is 126 Å². The lowest BCUT2D eigenvalue weighted by Gasteiger charge is -2.04. The highest BCUT2D eigenvalue weighted by atomic mass is 79.9. The standard InChI is InChI=1S/2C14H12NO2.2BrH.H4N2/c2*16-11-12-5-4-8-15(9-12)10-14(17)13-6-2-1-3-7-13;;;1-2/h2*1-8H,9-10H2;2*1H;1-2H2/q2*+1;;;/p-2. The maximum absolute atomic E-state index is 11.9. The monoisotopic (exact) mass is 642 g/mol. The van der Waals surface area contributed by atoms with Gasteiger partial charge in [0.15, 0.2) is 25.5 Å². The van der Waals surface area contributed by atoms with Crippen LogP contribution in [0.5, 0.6) is 0 Å². The number of carbonyl (C=O) groups is 2. The molecule has 0 unspecified atom stereocenters. The van der Waals surface area contributed by atoms with Crippen LogP contribution in [-0.4, -0.2) is 71.2 Å². The fourth-order valence-corrected chi connectivity index (χ4v) is 3.36. The Bertz CT molecular complexity index is 1190. The van der Waals surface area contributed by atoms with Gasteiger partial charge in [0.2, 0.25) is 24.7 Å². The molecule has 0 radical (unpaired) electrons. The van der Waals surface area contributed by atoms with Gasteiger partial charge < -0.3 is 34.0 Å². The fourth-order valence-electron chi connectivity index (χ4n) is 3.36. The molecule has 10 heteroatoms. The summed E-state index contributed by atoms with van der Waals surface area (Å²) < 4.78 is 3.60. The van der Waals surface area contributed by atoms with Crippen molar-refractivity contribution in [2.45, 2.75) is 0 Å². The van der Waals surface area contributed by atoms with Crippen LogP contribution in [0.2, 0.25) is 0 Å². The number of benzene rings is 2. The molecule has 198 valence electrons. The van der Waals surface area contributed by atoms with Gasteiger partial charge >= 0.3 is 0 Å². The largest absolute Gasteiger partial charge is 1.00 e. The molecule has 0 amide bonds. The molecule has 0 atom stereocenters. The molecule has 0 aromatic heterocycles. The average Bonchev–Trinajstić information content (AvgIpc) is 2.95. The first-order valence-electron chi connectivity index (χ1n) is 11.1. The second-order valence-corrected chi connectivity index (χ2v) is 7.66. The zero-order valence-electron chi connectivity index (χ0n) is 20.5. The highest BCUT2D eigenvalue weighted by molar-refractivity contribution is 5.97.